The Morgan fingerprint density at radius 2 is 1.79 bits per heavy atom. The molecule has 1 heterocycles. The summed E-state index contributed by atoms with van der Waals surface area (Å²) in [7, 11) is -3.65. The van der Waals surface area contributed by atoms with E-state index in [0.717, 1.165) is 31.9 Å². The second-order valence-electron chi connectivity index (χ2n) is 8.15. The number of nitrogens with zero attached hydrogens (tertiary/aromatic N) is 1. The lowest BCUT2D eigenvalue weighted by Crippen LogP contribution is -2.38. The van der Waals surface area contributed by atoms with Crippen molar-refractivity contribution < 1.29 is 17.6 Å². The third kappa shape index (κ3) is 5.77. The van der Waals surface area contributed by atoms with Crippen LogP contribution in [0.4, 0.5) is 4.39 Å². The summed E-state index contributed by atoms with van der Waals surface area (Å²) in [4.78, 5) is 12.1. The number of benzene rings is 1. The molecule has 28 heavy (non-hydrogen) atoms. The van der Waals surface area contributed by atoms with Crippen molar-refractivity contribution in [3.05, 3.63) is 30.1 Å². The number of piperidine rings is 1. The number of hydrogen-bond donors (Lipinski definition) is 1. The Labute approximate surface area is 167 Å². The maximum absolute atomic E-state index is 13.4. The predicted octanol–water partition coefficient (Wildman–Crippen LogP) is 3.70. The minimum absolute atomic E-state index is 0.00744. The fraction of sp³-hybridized carbons (Fsp3) is 0.667. The minimum atomic E-state index is -3.65. The Balaban J connectivity index is 1.39. The molecular formula is C21H31FN2O3S. The number of rotatable bonds is 7. The van der Waals surface area contributed by atoms with Crippen molar-refractivity contribution in [2.24, 2.45) is 11.8 Å². The molecule has 1 aromatic carbocycles. The van der Waals surface area contributed by atoms with Gasteiger partial charge in [0.1, 0.15) is 5.82 Å². The fourth-order valence-electron chi connectivity index (χ4n) is 4.29. The molecule has 1 aliphatic carbocycles. The van der Waals surface area contributed by atoms with Crippen LogP contribution in [-0.4, -0.2) is 38.3 Å². The second-order valence-corrected chi connectivity index (χ2v) is 10.1. The summed E-state index contributed by atoms with van der Waals surface area (Å²) in [5.74, 6) is 0.559. The van der Waals surface area contributed by atoms with E-state index in [2.05, 4.69) is 5.32 Å². The molecule has 1 aliphatic heterocycles. The molecule has 7 heteroatoms. The number of hydrogen-bond acceptors (Lipinski definition) is 3. The molecule has 2 aliphatic rings. The van der Waals surface area contributed by atoms with Crippen LogP contribution in [0.1, 0.15) is 57.8 Å². The molecule has 0 spiro atoms. The van der Waals surface area contributed by atoms with Crippen molar-refractivity contribution in [3.63, 3.8) is 0 Å². The lowest BCUT2D eigenvalue weighted by Gasteiger charge is -2.31. The first-order valence-electron chi connectivity index (χ1n) is 10.5. The summed E-state index contributed by atoms with van der Waals surface area (Å²) in [6.07, 6.45) is 9.09. The van der Waals surface area contributed by atoms with Crippen molar-refractivity contribution in [1.82, 2.24) is 9.62 Å². The van der Waals surface area contributed by atoms with Crippen LogP contribution >= 0.6 is 0 Å². The van der Waals surface area contributed by atoms with E-state index in [9.17, 15) is 17.6 Å². The van der Waals surface area contributed by atoms with E-state index in [1.807, 2.05) is 0 Å². The van der Waals surface area contributed by atoms with Crippen LogP contribution in [0.25, 0.3) is 0 Å². The van der Waals surface area contributed by atoms with Gasteiger partial charge >= 0.3 is 0 Å². The molecule has 5 nitrogen and oxygen atoms in total. The maximum atomic E-state index is 13.4. The van der Waals surface area contributed by atoms with Gasteiger partial charge in [0, 0.05) is 26.1 Å². The van der Waals surface area contributed by atoms with E-state index in [1.54, 1.807) is 0 Å². The summed E-state index contributed by atoms with van der Waals surface area (Å²) in [6, 6.07) is 5.16. The lowest BCUT2D eigenvalue weighted by atomic mass is 9.89. The molecular weight excluding hydrogens is 379 g/mol. The van der Waals surface area contributed by atoms with E-state index in [0.29, 0.717) is 31.3 Å². The van der Waals surface area contributed by atoms with Crippen LogP contribution in [-0.2, 0) is 14.8 Å². The maximum Gasteiger partial charge on any atom is 0.243 e. The molecule has 0 bridgehead atoms. The lowest BCUT2D eigenvalue weighted by molar-refractivity contribution is -0.121. The van der Waals surface area contributed by atoms with Gasteiger partial charge in [0.2, 0.25) is 15.9 Å². The standard InChI is InChI=1S/C21H31FN2O3S/c22-19-7-4-8-20(15-19)28(26,27)24-13-11-17(12-14-24)9-10-21(25)23-16-18-5-2-1-3-6-18/h4,7-8,15,17-18H,1-3,5-6,9-14,16H2,(H,23,25). The van der Waals surface area contributed by atoms with Gasteiger partial charge < -0.3 is 5.32 Å². The second kappa shape index (κ2) is 9.83. The highest BCUT2D eigenvalue weighted by molar-refractivity contribution is 7.89. The van der Waals surface area contributed by atoms with Gasteiger partial charge in [0.15, 0.2) is 0 Å². The Bertz CT molecular complexity index is 755. The molecule has 1 saturated carbocycles. The van der Waals surface area contributed by atoms with Gasteiger partial charge in [-0.2, -0.15) is 4.31 Å². The summed E-state index contributed by atoms with van der Waals surface area (Å²) in [5.41, 5.74) is 0. The van der Waals surface area contributed by atoms with Gasteiger partial charge in [-0.3, -0.25) is 4.79 Å². The molecule has 1 amide bonds. The molecule has 0 aromatic heterocycles. The van der Waals surface area contributed by atoms with Crippen molar-refractivity contribution in [2.75, 3.05) is 19.6 Å². The Morgan fingerprint density at radius 1 is 1.07 bits per heavy atom. The average molecular weight is 411 g/mol. The zero-order valence-corrected chi connectivity index (χ0v) is 17.2. The van der Waals surface area contributed by atoms with E-state index >= 15 is 0 Å². The van der Waals surface area contributed by atoms with Crippen LogP contribution < -0.4 is 5.32 Å². The number of nitrogens with one attached hydrogen (secondary N) is 1. The van der Waals surface area contributed by atoms with E-state index < -0.39 is 15.8 Å². The van der Waals surface area contributed by atoms with Crippen LogP contribution in [0.5, 0.6) is 0 Å². The first-order valence-corrected chi connectivity index (χ1v) is 11.9. The first kappa shape index (κ1) is 21.2. The predicted molar refractivity (Wildman–Crippen MR) is 107 cm³/mol. The number of carbonyl (C=O) groups is 1. The molecule has 2 fully saturated rings. The topological polar surface area (TPSA) is 66.5 Å². The van der Waals surface area contributed by atoms with E-state index in [4.69, 9.17) is 0 Å². The Hall–Kier alpha value is -1.47. The van der Waals surface area contributed by atoms with Gasteiger partial charge in [-0.15, -0.1) is 0 Å². The van der Waals surface area contributed by atoms with Crippen LogP contribution in [0, 0.1) is 17.7 Å². The molecule has 156 valence electrons. The monoisotopic (exact) mass is 410 g/mol. The summed E-state index contributed by atoms with van der Waals surface area (Å²) in [6.45, 7) is 1.64. The van der Waals surface area contributed by atoms with Crippen molar-refractivity contribution in [3.8, 4) is 0 Å². The quantitative estimate of drug-likeness (QED) is 0.745. The molecule has 1 saturated heterocycles. The molecule has 1 aromatic rings. The summed E-state index contributed by atoms with van der Waals surface area (Å²) >= 11 is 0. The number of sulfonamides is 1. The van der Waals surface area contributed by atoms with Gasteiger partial charge in [-0.25, -0.2) is 12.8 Å². The molecule has 0 atom stereocenters. The van der Waals surface area contributed by atoms with Crippen LogP contribution in [0.2, 0.25) is 0 Å². The van der Waals surface area contributed by atoms with E-state index in [-0.39, 0.29) is 10.8 Å². The largest absolute Gasteiger partial charge is 0.356 e. The van der Waals surface area contributed by atoms with Crippen molar-refractivity contribution >= 4 is 15.9 Å². The Kier molecular flexibility index (Phi) is 7.46. The van der Waals surface area contributed by atoms with Crippen molar-refractivity contribution in [1.29, 1.82) is 0 Å². The normalized spacial score (nSPS) is 20.2. The number of amides is 1. The summed E-state index contributed by atoms with van der Waals surface area (Å²) in [5, 5.41) is 3.07. The fourth-order valence-corrected chi connectivity index (χ4v) is 5.79. The number of carbonyl (C=O) groups excluding carboxylic acids is 1. The smallest absolute Gasteiger partial charge is 0.243 e. The molecule has 3 rings (SSSR count). The summed E-state index contributed by atoms with van der Waals surface area (Å²) < 4.78 is 40.1. The van der Waals surface area contributed by atoms with Crippen molar-refractivity contribution in [2.45, 2.75) is 62.7 Å². The van der Waals surface area contributed by atoms with Gasteiger partial charge in [0.25, 0.3) is 0 Å². The van der Waals surface area contributed by atoms with Gasteiger partial charge in [-0.1, -0.05) is 25.3 Å². The van der Waals surface area contributed by atoms with E-state index in [1.165, 1.54) is 54.6 Å². The Morgan fingerprint density at radius 3 is 2.46 bits per heavy atom. The number of halogens is 1. The highest BCUT2D eigenvalue weighted by atomic mass is 32.2. The minimum Gasteiger partial charge on any atom is -0.356 e. The molecule has 1 N–H and O–H groups in total. The third-order valence-electron chi connectivity index (χ3n) is 6.10. The van der Waals surface area contributed by atoms with Crippen LogP contribution in [0.15, 0.2) is 29.2 Å². The molecule has 0 unspecified atom stereocenters. The van der Waals surface area contributed by atoms with Gasteiger partial charge in [0.05, 0.1) is 4.90 Å². The third-order valence-corrected chi connectivity index (χ3v) is 7.99. The zero-order chi connectivity index (χ0) is 20.0. The zero-order valence-electron chi connectivity index (χ0n) is 16.4. The van der Waals surface area contributed by atoms with Crippen LogP contribution in [0.3, 0.4) is 0 Å². The molecule has 0 radical (unpaired) electrons. The highest BCUT2D eigenvalue weighted by Crippen LogP contribution is 2.27. The average Bonchev–Trinajstić information content (AvgIpc) is 2.72. The highest BCUT2D eigenvalue weighted by Gasteiger charge is 2.29. The SMILES string of the molecule is O=C(CCC1CCN(S(=O)(=O)c2cccc(F)c2)CC1)NCC1CCCCC1. The first-order chi connectivity index (χ1) is 13.4. The van der Waals surface area contributed by atoms with Gasteiger partial charge in [-0.05, 0) is 62.1 Å².